The van der Waals surface area contributed by atoms with Gasteiger partial charge in [-0.25, -0.2) is 9.78 Å². The van der Waals surface area contributed by atoms with Crippen molar-refractivity contribution in [2.24, 2.45) is 7.05 Å². The number of aromatic nitrogens is 3. The summed E-state index contributed by atoms with van der Waals surface area (Å²) < 4.78 is 7.14. The average molecular weight is 358 g/mol. The zero-order valence-electron chi connectivity index (χ0n) is 14.8. The topological polar surface area (TPSA) is 101 Å². The van der Waals surface area contributed by atoms with Gasteiger partial charge in [-0.15, -0.1) is 0 Å². The lowest BCUT2D eigenvalue weighted by Gasteiger charge is -2.33. The summed E-state index contributed by atoms with van der Waals surface area (Å²) in [4.78, 5) is 34.3. The number of pyridine rings is 1. The van der Waals surface area contributed by atoms with Crippen LogP contribution in [0.1, 0.15) is 5.69 Å². The van der Waals surface area contributed by atoms with Crippen LogP contribution in [0.2, 0.25) is 0 Å². The molecule has 9 heteroatoms. The van der Waals surface area contributed by atoms with E-state index < -0.39 is 0 Å². The largest absolute Gasteiger partial charge is 0.373 e. The van der Waals surface area contributed by atoms with Gasteiger partial charge in [-0.1, -0.05) is 0 Å². The Hall–Kier alpha value is -2.94. The Morgan fingerprint density at radius 1 is 1.38 bits per heavy atom. The average Bonchev–Trinajstić information content (AvgIpc) is 2.63. The van der Waals surface area contributed by atoms with Crippen LogP contribution in [0.25, 0.3) is 0 Å². The Balaban J connectivity index is 1.56. The number of nitrogens with one attached hydrogen (secondary N) is 2. The summed E-state index contributed by atoms with van der Waals surface area (Å²) in [5.74, 6) is 0.271. The van der Waals surface area contributed by atoms with E-state index in [1.54, 1.807) is 36.6 Å². The highest BCUT2D eigenvalue weighted by Crippen LogP contribution is 2.11. The van der Waals surface area contributed by atoms with Crippen molar-refractivity contribution in [1.82, 2.24) is 19.4 Å². The van der Waals surface area contributed by atoms with Crippen LogP contribution < -0.4 is 16.2 Å². The molecule has 0 aromatic carbocycles. The molecule has 1 aliphatic rings. The van der Waals surface area contributed by atoms with Crippen molar-refractivity contribution >= 4 is 17.5 Å². The third-order valence-electron chi connectivity index (χ3n) is 4.09. The van der Waals surface area contributed by atoms with Crippen LogP contribution in [0.5, 0.6) is 0 Å². The molecule has 0 aliphatic carbocycles. The molecule has 2 N–H and O–H groups in total. The van der Waals surface area contributed by atoms with Gasteiger partial charge in [0.05, 0.1) is 19.3 Å². The lowest BCUT2D eigenvalue weighted by molar-refractivity contribution is -0.00450. The van der Waals surface area contributed by atoms with Crippen LogP contribution in [0.3, 0.4) is 0 Å². The van der Waals surface area contributed by atoms with E-state index in [4.69, 9.17) is 4.74 Å². The Morgan fingerprint density at radius 2 is 2.23 bits per heavy atom. The van der Waals surface area contributed by atoms with Crippen molar-refractivity contribution in [1.29, 1.82) is 0 Å². The van der Waals surface area contributed by atoms with Crippen molar-refractivity contribution < 1.29 is 9.53 Å². The quantitative estimate of drug-likeness (QED) is 0.839. The number of hydrogen-bond acceptors (Lipinski definition) is 6. The first kappa shape index (κ1) is 17.9. The molecule has 2 aromatic rings. The number of urea groups is 1. The molecule has 0 radical (unpaired) electrons. The van der Waals surface area contributed by atoms with Crippen LogP contribution in [-0.2, 0) is 11.8 Å². The molecule has 2 amide bonds. The molecule has 0 spiro atoms. The maximum absolute atomic E-state index is 12.5. The van der Waals surface area contributed by atoms with Gasteiger partial charge in [0.15, 0.2) is 5.82 Å². The van der Waals surface area contributed by atoms with Gasteiger partial charge in [-0.05, 0) is 19.1 Å². The maximum atomic E-state index is 12.5. The molecular weight excluding hydrogens is 336 g/mol. The summed E-state index contributed by atoms with van der Waals surface area (Å²) in [5, 5.41) is 5.87. The summed E-state index contributed by atoms with van der Waals surface area (Å²) in [6.07, 6.45) is 4.59. The number of carbonyl (C=O) groups excluding carboxylic acids is 1. The Labute approximate surface area is 151 Å². The van der Waals surface area contributed by atoms with Crippen LogP contribution in [0.4, 0.5) is 16.3 Å². The number of anilines is 2. The number of morpholine rings is 1. The molecule has 1 aliphatic heterocycles. The molecule has 2 aromatic heterocycles. The summed E-state index contributed by atoms with van der Waals surface area (Å²) in [6.45, 7) is 3.64. The van der Waals surface area contributed by atoms with E-state index in [0.717, 1.165) is 5.69 Å². The second kappa shape index (κ2) is 7.96. The van der Waals surface area contributed by atoms with Crippen LogP contribution in [0.15, 0.2) is 35.5 Å². The number of nitrogens with zero attached hydrogens (tertiary/aromatic N) is 4. The zero-order valence-corrected chi connectivity index (χ0v) is 14.8. The van der Waals surface area contributed by atoms with Crippen molar-refractivity contribution in [2.75, 3.05) is 36.9 Å². The highest BCUT2D eigenvalue weighted by molar-refractivity contribution is 5.89. The molecule has 0 saturated carbocycles. The second-order valence-electron chi connectivity index (χ2n) is 6.13. The van der Waals surface area contributed by atoms with Gasteiger partial charge >= 0.3 is 6.03 Å². The fourth-order valence-corrected chi connectivity index (χ4v) is 2.68. The van der Waals surface area contributed by atoms with E-state index in [9.17, 15) is 9.59 Å². The molecular formula is C17H22N6O3. The van der Waals surface area contributed by atoms with Crippen LogP contribution in [-0.4, -0.2) is 57.8 Å². The van der Waals surface area contributed by atoms with E-state index in [-0.39, 0.29) is 23.5 Å². The van der Waals surface area contributed by atoms with Crippen LogP contribution in [0, 0.1) is 6.92 Å². The van der Waals surface area contributed by atoms with Gasteiger partial charge in [-0.3, -0.25) is 9.78 Å². The third-order valence-corrected chi connectivity index (χ3v) is 4.09. The van der Waals surface area contributed by atoms with Gasteiger partial charge in [0, 0.05) is 50.1 Å². The number of amides is 2. The molecule has 1 fully saturated rings. The van der Waals surface area contributed by atoms with E-state index in [1.165, 1.54) is 4.57 Å². The molecule has 3 rings (SSSR count). The van der Waals surface area contributed by atoms with Gasteiger partial charge in [0.2, 0.25) is 0 Å². The highest BCUT2D eigenvalue weighted by Gasteiger charge is 2.24. The first-order valence-electron chi connectivity index (χ1n) is 8.38. The molecule has 9 nitrogen and oxygen atoms in total. The normalized spacial score (nSPS) is 17.0. The highest BCUT2D eigenvalue weighted by atomic mass is 16.5. The second-order valence-corrected chi connectivity index (χ2v) is 6.13. The summed E-state index contributed by atoms with van der Waals surface area (Å²) in [5.41, 5.74) is 1.34. The van der Waals surface area contributed by atoms with E-state index in [1.807, 2.05) is 13.0 Å². The Kier molecular flexibility index (Phi) is 5.47. The lowest BCUT2D eigenvalue weighted by Crippen LogP contribution is -2.49. The maximum Gasteiger partial charge on any atom is 0.322 e. The predicted molar refractivity (Wildman–Crippen MR) is 97.3 cm³/mol. The summed E-state index contributed by atoms with van der Waals surface area (Å²) >= 11 is 0. The molecule has 26 heavy (non-hydrogen) atoms. The van der Waals surface area contributed by atoms with Crippen molar-refractivity contribution in [3.63, 3.8) is 0 Å². The molecule has 0 bridgehead atoms. The molecule has 138 valence electrons. The fraction of sp³-hybridized carbons (Fsp3) is 0.412. The number of ether oxygens (including phenoxy) is 1. The molecule has 1 atom stereocenters. The molecule has 3 heterocycles. The van der Waals surface area contributed by atoms with E-state index in [2.05, 4.69) is 20.6 Å². The zero-order chi connectivity index (χ0) is 18.5. The Morgan fingerprint density at radius 3 is 3.04 bits per heavy atom. The SMILES string of the molecule is Cc1cc(NC(=O)N2CCOC(CNc3nccn(C)c3=O)C2)ccn1. The lowest BCUT2D eigenvalue weighted by atomic mass is 10.2. The number of rotatable bonds is 4. The molecule has 1 saturated heterocycles. The minimum atomic E-state index is -0.222. The van der Waals surface area contributed by atoms with Crippen LogP contribution >= 0.6 is 0 Å². The molecule has 1 unspecified atom stereocenters. The van der Waals surface area contributed by atoms with Crippen molar-refractivity contribution in [3.8, 4) is 0 Å². The first-order valence-corrected chi connectivity index (χ1v) is 8.38. The first-order chi connectivity index (χ1) is 12.5. The van der Waals surface area contributed by atoms with E-state index in [0.29, 0.717) is 31.9 Å². The van der Waals surface area contributed by atoms with Gasteiger partial charge < -0.3 is 24.8 Å². The number of hydrogen-bond donors (Lipinski definition) is 2. The fourth-order valence-electron chi connectivity index (χ4n) is 2.68. The number of aryl methyl sites for hydroxylation is 2. The summed E-state index contributed by atoms with van der Waals surface area (Å²) in [7, 11) is 1.67. The van der Waals surface area contributed by atoms with Crippen molar-refractivity contribution in [2.45, 2.75) is 13.0 Å². The predicted octanol–water partition coefficient (Wildman–Crippen LogP) is 0.829. The minimum Gasteiger partial charge on any atom is -0.373 e. The van der Waals surface area contributed by atoms with Gasteiger partial charge in [0.1, 0.15) is 0 Å². The smallest absolute Gasteiger partial charge is 0.322 e. The monoisotopic (exact) mass is 358 g/mol. The summed E-state index contributed by atoms with van der Waals surface area (Å²) in [6, 6.07) is 3.38. The third kappa shape index (κ3) is 4.37. The number of carbonyl (C=O) groups is 1. The Bertz CT molecular complexity index is 837. The standard InChI is InChI=1S/C17H22N6O3/c1-12-9-13(3-4-18-12)21-17(25)23-7-8-26-14(11-23)10-20-15-16(24)22(2)6-5-19-15/h3-6,9,14H,7-8,10-11H2,1-2H3,(H,19,20)(H,18,21,25). The van der Waals surface area contributed by atoms with Gasteiger partial charge in [0.25, 0.3) is 5.56 Å². The minimum absolute atomic E-state index is 0.183. The van der Waals surface area contributed by atoms with E-state index >= 15 is 0 Å². The van der Waals surface area contributed by atoms with Gasteiger partial charge in [-0.2, -0.15) is 0 Å². The van der Waals surface area contributed by atoms with Crippen molar-refractivity contribution in [3.05, 3.63) is 46.8 Å².